The number of nitrogens with one attached hydrogen (secondary N) is 2. The van der Waals surface area contributed by atoms with E-state index in [1.165, 1.54) is 12.7 Å². The van der Waals surface area contributed by atoms with Gasteiger partial charge < -0.3 is 15.0 Å². The molecule has 1 aliphatic rings. The summed E-state index contributed by atoms with van der Waals surface area (Å²) >= 11 is 6.12. The van der Waals surface area contributed by atoms with Crippen LogP contribution >= 0.6 is 11.6 Å². The first-order chi connectivity index (χ1) is 15.0. The van der Waals surface area contributed by atoms with Crippen LogP contribution in [0.4, 0.5) is 5.69 Å². The Morgan fingerprint density at radius 1 is 1.06 bits per heavy atom. The molecule has 0 spiro atoms. The maximum atomic E-state index is 12.8. The number of piperazine rings is 1. The standard InChI is InChI=1S/C23H25ClN4O3/c1-31-23(30)22-21(18-13-17(24)7-8-19(18)25-22)26-20(29)15-28-11-9-27(10-12-28)14-16-5-3-2-4-6-16/h2-8,13,25H,9-12,14-15H2,1H3,(H,26,29). The number of methoxy groups -OCH3 is 1. The number of aromatic amines is 1. The molecule has 0 unspecified atom stereocenters. The molecule has 7 nitrogen and oxygen atoms in total. The van der Waals surface area contributed by atoms with Crippen LogP contribution < -0.4 is 5.32 Å². The van der Waals surface area contributed by atoms with Crippen molar-refractivity contribution < 1.29 is 14.3 Å². The Hall–Kier alpha value is -2.87. The van der Waals surface area contributed by atoms with Gasteiger partial charge in [0.1, 0.15) is 5.69 Å². The normalized spacial score (nSPS) is 15.2. The quantitative estimate of drug-likeness (QED) is 0.575. The molecule has 2 N–H and O–H groups in total. The SMILES string of the molecule is COC(=O)c1[nH]c2ccc(Cl)cc2c1NC(=O)CN1CCN(Cc2ccccc2)CC1. The maximum Gasteiger partial charge on any atom is 0.356 e. The van der Waals surface area contributed by atoms with Crippen LogP contribution in [-0.2, 0) is 16.1 Å². The first-order valence-corrected chi connectivity index (χ1v) is 10.6. The lowest BCUT2D eigenvalue weighted by molar-refractivity contribution is -0.117. The fourth-order valence-corrected chi connectivity index (χ4v) is 4.05. The van der Waals surface area contributed by atoms with E-state index >= 15 is 0 Å². The highest BCUT2D eigenvalue weighted by molar-refractivity contribution is 6.31. The third kappa shape index (κ3) is 5.07. The molecule has 1 saturated heterocycles. The summed E-state index contributed by atoms with van der Waals surface area (Å²) < 4.78 is 4.86. The number of rotatable bonds is 6. The smallest absolute Gasteiger partial charge is 0.356 e. The molecule has 3 aromatic rings. The molecule has 1 amide bonds. The van der Waals surface area contributed by atoms with Gasteiger partial charge in [0.15, 0.2) is 0 Å². The summed E-state index contributed by atoms with van der Waals surface area (Å²) in [7, 11) is 1.31. The molecule has 31 heavy (non-hydrogen) atoms. The van der Waals surface area contributed by atoms with Crippen molar-refractivity contribution in [2.24, 2.45) is 0 Å². The van der Waals surface area contributed by atoms with Crippen molar-refractivity contribution in [2.45, 2.75) is 6.54 Å². The summed E-state index contributed by atoms with van der Waals surface area (Å²) in [6, 6.07) is 15.6. The summed E-state index contributed by atoms with van der Waals surface area (Å²) in [4.78, 5) is 32.5. The molecule has 2 heterocycles. The Kier molecular flexibility index (Phi) is 6.56. The van der Waals surface area contributed by atoms with Crippen LogP contribution in [0.15, 0.2) is 48.5 Å². The van der Waals surface area contributed by atoms with Crippen molar-refractivity contribution in [3.8, 4) is 0 Å². The minimum Gasteiger partial charge on any atom is -0.464 e. The molecule has 0 saturated carbocycles. The van der Waals surface area contributed by atoms with Gasteiger partial charge in [-0.2, -0.15) is 0 Å². The van der Waals surface area contributed by atoms with E-state index in [0.717, 1.165) is 32.7 Å². The first-order valence-electron chi connectivity index (χ1n) is 10.2. The van der Waals surface area contributed by atoms with Crippen LogP contribution in [0.5, 0.6) is 0 Å². The van der Waals surface area contributed by atoms with Crippen LogP contribution in [0.3, 0.4) is 0 Å². The van der Waals surface area contributed by atoms with Gasteiger partial charge >= 0.3 is 5.97 Å². The van der Waals surface area contributed by atoms with Crippen LogP contribution in [0.25, 0.3) is 10.9 Å². The van der Waals surface area contributed by atoms with Crippen molar-refractivity contribution in [3.05, 3.63) is 64.8 Å². The fourth-order valence-electron chi connectivity index (χ4n) is 3.88. The molecule has 1 aromatic heterocycles. The number of amides is 1. The Labute approximate surface area is 185 Å². The van der Waals surface area contributed by atoms with Crippen molar-refractivity contribution in [3.63, 3.8) is 0 Å². The van der Waals surface area contributed by atoms with Crippen LogP contribution in [-0.4, -0.2) is 66.5 Å². The Bertz CT molecular complexity index is 1080. The zero-order valence-electron chi connectivity index (χ0n) is 17.4. The number of hydrogen-bond acceptors (Lipinski definition) is 5. The van der Waals surface area contributed by atoms with E-state index in [1.54, 1.807) is 18.2 Å². The van der Waals surface area contributed by atoms with E-state index in [4.69, 9.17) is 16.3 Å². The Morgan fingerprint density at radius 3 is 2.48 bits per heavy atom. The molecule has 0 atom stereocenters. The second-order valence-corrected chi connectivity index (χ2v) is 8.08. The van der Waals surface area contributed by atoms with Gasteiger partial charge in [0.25, 0.3) is 0 Å². The number of halogens is 1. The molecule has 162 valence electrons. The molecular formula is C23H25ClN4O3. The summed E-state index contributed by atoms with van der Waals surface area (Å²) in [5.74, 6) is -0.723. The van der Waals surface area contributed by atoms with Crippen molar-refractivity contribution in [1.82, 2.24) is 14.8 Å². The molecule has 2 aromatic carbocycles. The van der Waals surface area contributed by atoms with Gasteiger partial charge in [-0.05, 0) is 23.8 Å². The van der Waals surface area contributed by atoms with Crippen LogP contribution in [0, 0.1) is 0 Å². The average molecular weight is 441 g/mol. The van der Waals surface area contributed by atoms with Gasteiger partial charge in [-0.1, -0.05) is 41.9 Å². The second kappa shape index (κ2) is 9.51. The lowest BCUT2D eigenvalue weighted by atomic mass is 10.2. The maximum absolute atomic E-state index is 12.8. The minimum atomic E-state index is -0.544. The number of benzene rings is 2. The van der Waals surface area contributed by atoms with E-state index < -0.39 is 5.97 Å². The van der Waals surface area contributed by atoms with Crippen molar-refractivity contribution in [2.75, 3.05) is 45.2 Å². The van der Waals surface area contributed by atoms with Gasteiger partial charge in [-0.25, -0.2) is 4.79 Å². The number of aromatic nitrogens is 1. The van der Waals surface area contributed by atoms with E-state index in [-0.39, 0.29) is 18.1 Å². The lowest BCUT2D eigenvalue weighted by Gasteiger charge is -2.34. The topological polar surface area (TPSA) is 77.7 Å². The highest BCUT2D eigenvalue weighted by Crippen LogP contribution is 2.30. The average Bonchev–Trinajstić information content (AvgIpc) is 3.12. The second-order valence-electron chi connectivity index (χ2n) is 7.64. The number of anilines is 1. The number of nitrogens with zero attached hydrogens (tertiary/aromatic N) is 2. The van der Waals surface area contributed by atoms with Crippen molar-refractivity contribution in [1.29, 1.82) is 0 Å². The largest absolute Gasteiger partial charge is 0.464 e. The Balaban J connectivity index is 1.39. The number of ether oxygens (including phenoxy) is 1. The highest BCUT2D eigenvalue weighted by atomic mass is 35.5. The number of carbonyl (C=O) groups excluding carboxylic acids is 2. The van der Waals surface area contributed by atoms with Gasteiger partial charge in [0.05, 0.1) is 19.3 Å². The molecular weight excluding hydrogens is 416 g/mol. The Morgan fingerprint density at radius 2 is 1.77 bits per heavy atom. The predicted octanol–water partition coefficient (Wildman–Crippen LogP) is 3.36. The summed E-state index contributed by atoms with van der Waals surface area (Å²) in [5, 5.41) is 4.09. The monoisotopic (exact) mass is 440 g/mol. The van der Waals surface area contributed by atoms with Gasteiger partial charge in [0.2, 0.25) is 5.91 Å². The van der Waals surface area contributed by atoms with E-state index in [0.29, 0.717) is 21.6 Å². The predicted molar refractivity (Wildman–Crippen MR) is 121 cm³/mol. The third-order valence-electron chi connectivity index (χ3n) is 5.50. The summed E-state index contributed by atoms with van der Waals surface area (Å²) in [5.41, 5.74) is 2.61. The molecule has 0 aliphatic carbocycles. The van der Waals surface area contributed by atoms with E-state index in [1.807, 2.05) is 6.07 Å². The number of hydrogen-bond donors (Lipinski definition) is 2. The van der Waals surface area contributed by atoms with E-state index in [9.17, 15) is 9.59 Å². The van der Waals surface area contributed by atoms with Gasteiger partial charge in [-0.3, -0.25) is 14.6 Å². The summed E-state index contributed by atoms with van der Waals surface area (Å²) in [6.07, 6.45) is 0. The molecule has 0 bridgehead atoms. The zero-order valence-corrected chi connectivity index (χ0v) is 18.1. The zero-order chi connectivity index (χ0) is 21.8. The van der Waals surface area contributed by atoms with Crippen molar-refractivity contribution >= 4 is 40.1 Å². The van der Waals surface area contributed by atoms with Gasteiger partial charge in [-0.15, -0.1) is 0 Å². The highest BCUT2D eigenvalue weighted by Gasteiger charge is 2.23. The summed E-state index contributed by atoms with van der Waals surface area (Å²) in [6.45, 7) is 4.59. The molecule has 0 radical (unpaired) electrons. The van der Waals surface area contributed by atoms with Crippen LogP contribution in [0.2, 0.25) is 5.02 Å². The number of carbonyl (C=O) groups is 2. The molecule has 1 aliphatic heterocycles. The lowest BCUT2D eigenvalue weighted by Crippen LogP contribution is -2.48. The van der Waals surface area contributed by atoms with Crippen LogP contribution in [0.1, 0.15) is 16.1 Å². The first kappa shape index (κ1) is 21.4. The number of fused-ring (bicyclic) bond motifs is 1. The van der Waals surface area contributed by atoms with Gasteiger partial charge in [0, 0.05) is 48.6 Å². The third-order valence-corrected chi connectivity index (χ3v) is 5.73. The molecule has 1 fully saturated rings. The number of H-pyrrole nitrogens is 1. The minimum absolute atomic E-state index is 0.178. The fraction of sp³-hybridized carbons (Fsp3) is 0.304. The molecule has 8 heteroatoms. The molecule has 4 rings (SSSR count). The van der Waals surface area contributed by atoms with E-state index in [2.05, 4.69) is 44.4 Å². The number of esters is 1.